The lowest BCUT2D eigenvalue weighted by Gasteiger charge is -2.30. The SMILES string of the molecule is CCOC(=O)C1CCN(/C=C(/C#N)C(=O)Nc2ccccc2Cl)CC1. The molecule has 0 atom stereocenters. The van der Waals surface area contributed by atoms with Gasteiger partial charge in [0.15, 0.2) is 0 Å². The van der Waals surface area contributed by atoms with Crippen LogP contribution in [-0.4, -0.2) is 36.5 Å². The fraction of sp³-hybridized carbons (Fsp3) is 0.389. The van der Waals surface area contributed by atoms with Crippen LogP contribution >= 0.6 is 11.6 Å². The molecule has 0 unspecified atom stereocenters. The van der Waals surface area contributed by atoms with Crippen molar-refractivity contribution < 1.29 is 14.3 Å². The zero-order valence-corrected chi connectivity index (χ0v) is 14.8. The third kappa shape index (κ3) is 5.23. The highest BCUT2D eigenvalue weighted by molar-refractivity contribution is 6.33. The number of carbonyl (C=O) groups excluding carboxylic acids is 2. The van der Waals surface area contributed by atoms with E-state index in [1.54, 1.807) is 31.2 Å². The Kier molecular flexibility index (Phi) is 6.84. The molecule has 0 aromatic heterocycles. The Morgan fingerprint density at radius 1 is 1.40 bits per heavy atom. The van der Waals surface area contributed by atoms with Gasteiger partial charge in [-0.05, 0) is 31.9 Å². The molecule has 0 spiro atoms. The van der Waals surface area contributed by atoms with E-state index in [2.05, 4.69) is 5.32 Å². The van der Waals surface area contributed by atoms with E-state index in [4.69, 9.17) is 16.3 Å². The smallest absolute Gasteiger partial charge is 0.309 e. The van der Waals surface area contributed by atoms with Gasteiger partial charge in [0.25, 0.3) is 5.91 Å². The fourth-order valence-corrected chi connectivity index (χ4v) is 2.78. The van der Waals surface area contributed by atoms with Gasteiger partial charge in [-0.2, -0.15) is 5.26 Å². The van der Waals surface area contributed by atoms with Crippen molar-refractivity contribution in [2.45, 2.75) is 19.8 Å². The maximum atomic E-state index is 12.3. The number of para-hydroxylation sites is 1. The molecule has 1 aromatic carbocycles. The van der Waals surface area contributed by atoms with Crippen LogP contribution in [0.3, 0.4) is 0 Å². The number of hydrogen-bond acceptors (Lipinski definition) is 5. The fourth-order valence-electron chi connectivity index (χ4n) is 2.60. The van der Waals surface area contributed by atoms with Gasteiger partial charge in [-0.25, -0.2) is 0 Å². The van der Waals surface area contributed by atoms with Crippen LogP contribution in [0, 0.1) is 17.2 Å². The van der Waals surface area contributed by atoms with Crippen LogP contribution in [0.5, 0.6) is 0 Å². The predicted octanol–water partition coefficient (Wildman–Crippen LogP) is 2.96. The number of anilines is 1. The molecule has 7 heteroatoms. The van der Waals surface area contributed by atoms with E-state index < -0.39 is 5.91 Å². The van der Waals surface area contributed by atoms with E-state index in [1.807, 2.05) is 11.0 Å². The molecule has 1 aromatic rings. The van der Waals surface area contributed by atoms with Gasteiger partial charge in [0.2, 0.25) is 0 Å². The van der Waals surface area contributed by atoms with E-state index in [1.165, 1.54) is 6.20 Å². The Morgan fingerprint density at radius 2 is 2.08 bits per heavy atom. The van der Waals surface area contributed by atoms with Crippen molar-refractivity contribution in [3.63, 3.8) is 0 Å². The quantitative estimate of drug-likeness (QED) is 0.495. The Balaban J connectivity index is 1.97. The van der Waals surface area contributed by atoms with E-state index in [-0.39, 0.29) is 17.5 Å². The zero-order chi connectivity index (χ0) is 18.2. The normalized spacial score (nSPS) is 15.4. The number of likely N-dealkylation sites (tertiary alicyclic amines) is 1. The summed E-state index contributed by atoms with van der Waals surface area (Å²) in [4.78, 5) is 25.9. The molecule has 1 amide bonds. The molecule has 0 bridgehead atoms. The molecule has 1 fully saturated rings. The first-order chi connectivity index (χ1) is 12.0. The first kappa shape index (κ1) is 18.8. The molecule has 1 N–H and O–H groups in total. The molecule has 1 heterocycles. The second-order valence-corrected chi connectivity index (χ2v) is 6.06. The van der Waals surface area contributed by atoms with Gasteiger partial charge in [0, 0.05) is 19.3 Å². The van der Waals surface area contributed by atoms with Crippen LogP contribution in [0.4, 0.5) is 5.69 Å². The van der Waals surface area contributed by atoms with Crippen molar-refractivity contribution in [3.8, 4) is 6.07 Å². The summed E-state index contributed by atoms with van der Waals surface area (Å²) in [5, 5.41) is 12.3. The number of carbonyl (C=O) groups is 2. The molecule has 0 saturated carbocycles. The van der Waals surface area contributed by atoms with E-state index in [0.29, 0.717) is 43.2 Å². The Hall–Kier alpha value is -2.52. The van der Waals surface area contributed by atoms with Crippen molar-refractivity contribution >= 4 is 29.2 Å². The number of nitrogens with zero attached hydrogens (tertiary/aromatic N) is 2. The maximum Gasteiger partial charge on any atom is 0.309 e. The zero-order valence-electron chi connectivity index (χ0n) is 14.0. The third-order valence-corrected chi connectivity index (χ3v) is 4.28. The monoisotopic (exact) mass is 361 g/mol. The summed E-state index contributed by atoms with van der Waals surface area (Å²) in [5.74, 6) is -0.807. The molecular formula is C18H20ClN3O3. The van der Waals surface area contributed by atoms with E-state index >= 15 is 0 Å². The number of esters is 1. The van der Waals surface area contributed by atoms with Crippen molar-refractivity contribution in [2.75, 3.05) is 25.0 Å². The number of hydrogen-bond donors (Lipinski definition) is 1. The average molecular weight is 362 g/mol. The number of rotatable bonds is 5. The lowest BCUT2D eigenvalue weighted by Crippen LogP contribution is -2.34. The lowest BCUT2D eigenvalue weighted by molar-refractivity contribution is -0.149. The van der Waals surface area contributed by atoms with E-state index in [0.717, 1.165) is 0 Å². The average Bonchev–Trinajstić information content (AvgIpc) is 2.62. The van der Waals surface area contributed by atoms with Crippen LogP contribution in [0.1, 0.15) is 19.8 Å². The second-order valence-electron chi connectivity index (χ2n) is 5.65. The van der Waals surface area contributed by atoms with Gasteiger partial charge < -0.3 is 15.0 Å². The summed E-state index contributed by atoms with van der Waals surface area (Å²) in [6, 6.07) is 8.75. The highest BCUT2D eigenvalue weighted by Crippen LogP contribution is 2.22. The number of amides is 1. The maximum absolute atomic E-state index is 12.3. The molecule has 0 aliphatic carbocycles. The molecule has 1 aliphatic heterocycles. The summed E-state index contributed by atoms with van der Waals surface area (Å²) < 4.78 is 5.03. The first-order valence-corrected chi connectivity index (χ1v) is 8.51. The summed E-state index contributed by atoms with van der Waals surface area (Å²) >= 11 is 6.01. The van der Waals surface area contributed by atoms with Crippen LogP contribution < -0.4 is 5.32 Å². The summed E-state index contributed by atoms with van der Waals surface area (Å²) in [6.45, 7) is 3.34. The topological polar surface area (TPSA) is 82.4 Å². The summed E-state index contributed by atoms with van der Waals surface area (Å²) in [6.07, 6.45) is 2.81. The molecule has 25 heavy (non-hydrogen) atoms. The van der Waals surface area contributed by atoms with Gasteiger partial charge in [-0.1, -0.05) is 23.7 Å². The summed E-state index contributed by atoms with van der Waals surface area (Å²) in [5.41, 5.74) is 0.450. The predicted molar refractivity (Wildman–Crippen MR) is 94.7 cm³/mol. The van der Waals surface area contributed by atoms with Gasteiger partial charge in [-0.3, -0.25) is 9.59 Å². The molecular weight excluding hydrogens is 342 g/mol. The minimum atomic E-state index is -0.511. The van der Waals surface area contributed by atoms with Gasteiger partial charge in [0.1, 0.15) is 11.6 Å². The van der Waals surface area contributed by atoms with Crippen LogP contribution in [0.25, 0.3) is 0 Å². The molecule has 0 radical (unpaired) electrons. The minimum Gasteiger partial charge on any atom is -0.466 e. The van der Waals surface area contributed by atoms with Crippen molar-refractivity contribution in [1.82, 2.24) is 4.90 Å². The number of nitrogens with one attached hydrogen (secondary N) is 1. The number of halogens is 1. The summed E-state index contributed by atoms with van der Waals surface area (Å²) in [7, 11) is 0. The van der Waals surface area contributed by atoms with Crippen LogP contribution in [0.15, 0.2) is 36.0 Å². The van der Waals surface area contributed by atoms with Crippen LogP contribution in [0.2, 0.25) is 5.02 Å². The van der Waals surface area contributed by atoms with Gasteiger partial charge in [0.05, 0.1) is 23.2 Å². The van der Waals surface area contributed by atoms with Gasteiger partial charge >= 0.3 is 5.97 Å². The Labute approximate surface area is 152 Å². The van der Waals surface area contributed by atoms with Crippen molar-refractivity contribution in [1.29, 1.82) is 5.26 Å². The highest BCUT2D eigenvalue weighted by atomic mass is 35.5. The second kappa shape index (κ2) is 9.09. The van der Waals surface area contributed by atoms with Gasteiger partial charge in [-0.15, -0.1) is 0 Å². The first-order valence-electron chi connectivity index (χ1n) is 8.13. The molecule has 2 rings (SSSR count). The number of piperidine rings is 1. The molecule has 6 nitrogen and oxygen atoms in total. The van der Waals surface area contributed by atoms with Crippen LogP contribution in [-0.2, 0) is 14.3 Å². The minimum absolute atomic E-state index is 0.00509. The number of ether oxygens (including phenoxy) is 1. The molecule has 132 valence electrons. The van der Waals surface area contributed by atoms with Crippen molar-refractivity contribution in [3.05, 3.63) is 41.1 Å². The molecule has 1 saturated heterocycles. The lowest BCUT2D eigenvalue weighted by atomic mass is 9.97. The Bertz CT molecular complexity index is 704. The largest absolute Gasteiger partial charge is 0.466 e. The standard InChI is InChI=1S/C18H20ClN3O3/c1-2-25-18(24)13-7-9-22(10-8-13)12-14(11-20)17(23)21-16-6-4-3-5-15(16)19/h3-6,12-13H,2,7-10H2,1H3,(H,21,23)/b14-12-. The van der Waals surface area contributed by atoms with E-state index in [9.17, 15) is 14.9 Å². The highest BCUT2D eigenvalue weighted by Gasteiger charge is 2.25. The Morgan fingerprint density at radius 3 is 2.68 bits per heavy atom. The number of nitriles is 1. The molecule has 1 aliphatic rings. The number of benzene rings is 1. The third-order valence-electron chi connectivity index (χ3n) is 3.95. The van der Waals surface area contributed by atoms with Crippen molar-refractivity contribution in [2.24, 2.45) is 5.92 Å².